The molecule has 0 saturated heterocycles. The lowest BCUT2D eigenvalue weighted by atomic mass is 9.99. The van der Waals surface area contributed by atoms with Gasteiger partial charge in [-0.25, -0.2) is 4.79 Å². The first-order chi connectivity index (χ1) is 8.49. The van der Waals surface area contributed by atoms with Gasteiger partial charge in [-0.2, -0.15) is 15.5 Å². The summed E-state index contributed by atoms with van der Waals surface area (Å²) in [6, 6.07) is 3.98. The Bertz CT molecular complexity index is 561. The number of hydrogen-bond acceptors (Lipinski definition) is 5. The third-order valence-electron chi connectivity index (χ3n) is 2.60. The van der Waals surface area contributed by atoms with Crippen molar-refractivity contribution >= 4 is 5.82 Å². The standard InChI is InChI=1S/C12H15N5O/c1-8(2)17-7-10(11(15)16-12(17)18)5-9(6-14)3-4-13/h7-9H,3,5H2,1-2H3,(H2,15,16,18). The number of hydrogen-bond donors (Lipinski definition) is 1. The average Bonchev–Trinajstić information content (AvgIpc) is 2.31. The molecule has 1 aromatic rings. The number of nitrogens with zero attached hydrogens (tertiary/aromatic N) is 4. The van der Waals surface area contributed by atoms with E-state index in [4.69, 9.17) is 16.3 Å². The van der Waals surface area contributed by atoms with Crippen LogP contribution in [0.2, 0.25) is 0 Å². The molecule has 0 bridgehead atoms. The molecule has 0 spiro atoms. The van der Waals surface area contributed by atoms with E-state index >= 15 is 0 Å². The largest absolute Gasteiger partial charge is 0.383 e. The molecule has 0 aliphatic heterocycles. The summed E-state index contributed by atoms with van der Waals surface area (Å²) in [6.45, 7) is 3.72. The van der Waals surface area contributed by atoms with E-state index in [0.717, 1.165) is 0 Å². The van der Waals surface area contributed by atoms with Crippen LogP contribution in [-0.4, -0.2) is 9.55 Å². The zero-order valence-corrected chi connectivity index (χ0v) is 10.4. The van der Waals surface area contributed by atoms with Crippen LogP contribution < -0.4 is 11.4 Å². The smallest absolute Gasteiger partial charge is 0.349 e. The summed E-state index contributed by atoms with van der Waals surface area (Å²) < 4.78 is 1.46. The molecular weight excluding hydrogens is 230 g/mol. The molecule has 94 valence electrons. The fourth-order valence-corrected chi connectivity index (χ4v) is 1.59. The molecule has 18 heavy (non-hydrogen) atoms. The van der Waals surface area contributed by atoms with Crippen LogP contribution in [0.1, 0.15) is 31.9 Å². The van der Waals surface area contributed by atoms with E-state index in [1.807, 2.05) is 26.0 Å². The van der Waals surface area contributed by atoms with Gasteiger partial charge in [-0.05, 0) is 20.3 Å². The topological polar surface area (TPSA) is 108 Å². The molecule has 1 rings (SSSR count). The molecule has 0 aromatic carbocycles. The number of nitriles is 2. The monoisotopic (exact) mass is 245 g/mol. The van der Waals surface area contributed by atoms with Crippen molar-refractivity contribution in [3.05, 3.63) is 22.2 Å². The lowest BCUT2D eigenvalue weighted by molar-refractivity contribution is 0.555. The number of nitrogen functional groups attached to an aromatic ring is 1. The highest BCUT2D eigenvalue weighted by Crippen LogP contribution is 2.15. The van der Waals surface area contributed by atoms with Gasteiger partial charge in [-0.15, -0.1) is 0 Å². The van der Waals surface area contributed by atoms with Gasteiger partial charge in [0, 0.05) is 17.8 Å². The number of rotatable bonds is 4. The second kappa shape index (κ2) is 5.83. The lowest BCUT2D eigenvalue weighted by Crippen LogP contribution is -2.26. The van der Waals surface area contributed by atoms with Crippen molar-refractivity contribution < 1.29 is 0 Å². The molecule has 6 heteroatoms. The van der Waals surface area contributed by atoms with Crippen LogP contribution in [0, 0.1) is 28.6 Å². The normalized spacial score (nSPS) is 11.8. The lowest BCUT2D eigenvalue weighted by Gasteiger charge is -2.13. The molecule has 0 saturated carbocycles. The van der Waals surface area contributed by atoms with Gasteiger partial charge in [-0.3, -0.25) is 4.57 Å². The second-order valence-corrected chi connectivity index (χ2v) is 4.33. The van der Waals surface area contributed by atoms with Gasteiger partial charge in [-0.1, -0.05) is 0 Å². The minimum Gasteiger partial charge on any atom is -0.383 e. The Morgan fingerprint density at radius 2 is 2.17 bits per heavy atom. The summed E-state index contributed by atoms with van der Waals surface area (Å²) in [5, 5.41) is 17.5. The Morgan fingerprint density at radius 1 is 1.50 bits per heavy atom. The molecule has 0 aliphatic carbocycles. The van der Waals surface area contributed by atoms with E-state index in [9.17, 15) is 4.79 Å². The molecule has 0 radical (unpaired) electrons. The van der Waals surface area contributed by atoms with Crippen molar-refractivity contribution in [2.45, 2.75) is 32.7 Å². The predicted octanol–water partition coefficient (Wildman–Crippen LogP) is 1.00. The van der Waals surface area contributed by atoms with Crippen LogP contribution in [-0.2, 0) is 6.42 Å². The summed E-state index contributed by atoms with van der Waals surface area (Å²) in [4.78, 5) is 15.3. The fourth-order valence-electron chi connectivity index (χ4n) is 1.59. The number of aromatic nitrogens is 2. The molecule has 1 aromatic heterocycles. The Morgan fingerprint density at radius 3 is 2.67 bits per heavy atom. The van der Waals surface area contributed by atoms with Gasteiger partial charge < -0.3 is 5.73 Å². The molecule has 2 N–H and O–H groups in total. The van der Waals surface area contributed by atoms with E-state index < -0.39 is 11.6 Å². The zero-order chi connectivity index (χ0) is 13.7. The zero-order valence-electron chi connectivity index (χ0n) is 10.4. The highest BCUT2D eigenvalue weighted by Gasteiger charge is 2.14. The Hall–Kier alpha value is -2.34. The SMILES string of the molecule is CC(C)n1cc(CC(C#N)CC#N)c(N)nc1=O. The number of nitrogens with two attached hydrogens (primary N) is 1. The summed E-state index contributed by atoms with van der Waals surface area (Å²) in [5.74, 6) is -0.299. The van der Waals surface area contributed by atoms with Crippen LogP contribution in [0.5, 0.6) is 0 Å². The average molecular weight is 245 g/mol. The van der Waals surface area contributed by atoms with Crippen LogP contribution in [0.4, 0.5) is 5.82 Å². The van der Waals surface area contributed by atoms with Gasteiger partial charge in [0.2, 0.25) is 0 Å². The van der Waals surface area contributed by atoms with Gasteiger partial charge >= 0.3 is 5.69 Å². The number of anilines is 1. The van der Waals surface area contributed by atoms with Crippen LogP contribution >= 0.6 is 0 Å². The predicted molar refractivity (Wildman–Crippen MR) is 66.3 cm³/mol. The quantitative estimate of drug-likeness (QED) is 0.851. The molecule has 1 atom stereocenters. The van der Waals surface area contributed by atoms with Gasteiger partial charge in [0.1, 0.15) is 5.82 Å². The van der Waals surface area contributed by atoms with Crippen molar-refractivity contribution in [3.8, 4) is 12.1 Å². The summed E-state index contributed by atoms with van der Waals surface area (Å²) in [5.41, 5.74) is 5.90. The molecular formula is C12H15N5O. The van der Waals surface area contributed by atoms with Crippen molar-refractivity contribution in [2.24, 2.45) is 5.92 Å². The second-order valence-electron chi connectivity index (χ2n) is 4.33. The van der Waals surface area contributed by atoms with Crippen molar-refractivity contribution in [1.29, 1.82) is 10.5 Å². The molecule has 0 aliphatic rings. The van der Waals surface area contributed by atoms with E-state index in [-0.39, 0.29) is 18.3 Å². The third-order valence-corrected chi connectivity index (χ3v) is 2.60. The fraction of sp³-hybridized carbons (Fsp3) is 0.500. The van der Waals surface area contributed by atoms with Crippen LogP contribution in [0.15, 0.2) is 11.0 Å². The van der Waals surface area contributed by atoms with Crippen molar-refractivity contribution in [2.75, 3.05) is 5.73 Å². The summed E-state index contributed by atoms with van der Waals surface area (Å²) in [6.07, 6.45) is 2.09. The molecule has 1 heterocycles. The Kier molecular flexibility index (Phi) is 4.45. The van der Waals surface area contributed by atoms with Crippen molar-refractivity contribution in [3.63, 3.8) is 0 Å². The van der Waals surface area contributed by atoms with Gasteiger partial charge in [0.25, 0.3) is 0 Å². The van der Waals surface area contributed by atoms with Crippen LogP contribution in [0.3, 0.4) is 0 Å². The maximum absolute atomic E-state index is 11.6. The molecule has 6 nitrogen and oxygen atoms in total. The van der Waals surface area contributed by atoms with E-state index in [1.54, 1.807) is 6.20 Å². The van der Waals surface area contributed by atoms with E-state index in [1.165, 1.54) is 4.57 Å². The summed E-state index contributed by atoms with van der Waals surface area (Å²) in [7, 11) is 0. The molecule has 0 fully saturated rings. The highest BCUT2D eigenvalue weighted by atomic mass is 16.1. The minimum absolute atomic E-state index is 0.0270. The first kappa shape index (κ1) is 13.7. The highest BCUT2D eigenvalue weighted by molar-refractivity contribution is 5.37. The third kappa shape index (κ3) is 3.08. The minimum atomic E-state index is -0.433. The Labute approximate surface area is 105 Å². The van der Waals surface area contributed by atoms with Crippen molar-refractivity contribution in [1.82, 2.24) is 9.55 Å². The first-order valence-corrected chi connectivity index (χ1v) is 5.63. The maximum atomic E-state index is 11.6. The van der Waals surface area contributed by atoms with E-state index in [0.29, 0.717) is 12.0 Å². The molecule has 1 unspecified atom stereocenters. The van der Waals surface area contributed by atoms with Gasteiger partial charge in [0.15, 0.2) is 0 Å². The first-order valence-electron chi connectivity index (χ1n) is 5.63. The summed E-state index contributed by atoms with van der Waals surface area (Å²) >= 11 is 0. The maximum Gasteiger partial charge on any atom is 0.349 e. The Balaban J connectivity index is 3.11. The van der Waals surface area contributed by atoms with Crippen LogP contribution in [0.25, 0.3) is 0 Å². The van der Waals surface area contributed by atoms with E-state index in [2.05, 4.69) is 4.98 Å². The van der Waals surface area contributed by atoms with Gasteiger partial charge in [0.05, 0.1) is 24.5 Å². The molecule has 0 amide bonds.